The summed E-state index contributed by atoms with van der Waals surface area (Å²) in [5.41, 5.74) is 7.40. The molecule has 0 saturated carbocycles. The van der Waals surface area contributed by atoms with Crippen LogP contribution in [-0.2, 0) is 11.3 Å². The second kappa shape index (κ2) is 8.82. The second-order valence-corrected chi connectivity index (χ2v) is 6.45. The minimum absolute atomic E-state index is 0.151. The van der Waals surface area contributed by atoms with Gasteiger partial charge in [0.15, 0.2) is 0 Å². The Balaban J connectivity index is 1.50. The summed E-state index contributed by atoms with van der Waals surface area (Å²) in [5.74, 6) is -0.791. The molecule has 0 aliphatic carbocycles. The second-order valence-electron chi connectivity index (χ2n) is 6.45. The Hall–Kier alpha value is -4.27. The van der Waals surface area contributed by atoms with E-state index in [1.165, 1.54) is 12.7 Å². The number of nitrogens with one attached hydrogen (secondary N) is 2. The van der Waals surface area contributed by atoms with Crippen molar-refractivity contribution in [2.24, 2.45) is 0 Å². The summed E-state index contributed by atoms with van der Waals surface area (Å²) in [6, 6.07) is 18.9. The van der Waals surface area contributed by atoms with Gasteiger partial charge in [-0.05, 0) is 12.1 Å². The molecule has 2 amide bonds. The van der Waals surface area contributed by atoms with E-state index in [9.17, 15) is 9.59 Å². The molecule has 0 spiro atoms. The molecule has 0 saturated heterocycles. The van der Waals surface area contributed by atoms with Crippen molar-refractivity contribution >= 4 is 11.8 Å². The minimum atomic E-state index is -0.454. The number of rotatable bonds is 6. The van der Waals surface area contributed by atoms with Crippen LogP contribution < -0.4 is 10.9 Å². The van der Waals surface area contributed by atoms with Crippen LogP contribution in [0.3, 0.4) is 0 Å². The molecule has 2 heterocycles. The molecule has 9 heteroatoms. The topological polar surface area (TPSA) is 107 Å². The van der Waals surface area contributed by atoms with Crippen molar-refractivity contribution in [3.63, 3.8) is 0 Å². The number of hydrogen-bond donors (Lipinski definition) is 2. The predicted molar refractivity (Wildman–Crippen MR) is 109 cm³/mol. The van der Waals surface area contributed by atoms with E-state index < -0.39 is 5.91 Å². The lowest BCUT2D eigenvalue weighted by Gasteiger charge is -2.07. The molecule has 2 aromatic carbocycles. The van der Waals surface area contributed by atoms with Gasteiger partial charge in [0.25, 0.3) is 5.91 Å². The molecule has 0 aliphatic rings. The van der Waals surface area contributed by atoms with Gasteiger partial charge in [-0.25, -0.2) is 9.67 Å². The number of para-hydroxylation sites is 1. The first-order valence-corrected chi connectivity index (χ1v) is 9.33. The maximum Gasteiger partial charge on any atom is 0.273 e. The fraction of sp³-hybridized carbons (Fsp3) is 0.0952. The highest BCUT2D eigenvalue weighted by Gasteiger charge is 2.19. The summed E-state index contributed by atoms with van der Waals surface area (Å²) in [7, 11) is 0. The van der Waals surface area contributed by atoms with Gasteiger partial charge in [0.2, 0.25) is 5.91 Å². The number of carbonyl (C=O) groups excluding carboxylic acids is 2. The Morgan fingerprint density at radius 3 is 2.37 bits per heavy atom. The number of hydrogen-bond acceptors (Lipinski definition) is 5. The summed E-state index contributed by atoms with van der Waals surface area (Å²) < 4.78 is 3.18. The van der Waals surface area contributed by atoms with Gasteiger partial charge in [-0.3, -0.25) is 25.1 Å². The lowest BCUT2D eigenvalue weighted by atomic mass is 10.1. The van der Waals surface area contributed by atoms with Gasteiger partial charge in [-0.15, -0.1) is 0 Å². The third-order valence-electron chi connectivity index (χ3n) is 4.38. The van der Waals surface area contributed by atoms with E-state index >= 15 is 0 Å². The molecule has 0 bridgehead atoms. The maximum atomic E-state index is 12.8. The van der Waals surface area contributed by atoms with Crippen molar-refractivity contribution < 1.29 is 9.59 Å². The predicted octanol–water partition coefficient (Wildman–Crippen LogP) is 1.98. The zero-order valence-electron chi connectivity index (χ0n) is 16.0. The van der Waals surface area contributed by atoms with Gasteiger partial charge in [-0.2, -0.15) is 10.2 Å². The Morgan fingerprint density at radius 2 is 1.67 bits per heavy atom. The highest BCUT2D eigenvalue weighted by molar-refractivity contribution is 6.00. The van der Waals surface area contributed by atoms with Crippen molar-refractivity contribution in [3.8, 4) is 16.9 Å². The molecule has 0 radical (unpaired) electrons. The van der Waals surface area contributed by atoms with Gasteiger partial charge < -0.3 is 0 Å². The molecule has 150 valence electrons. The molecule has 0 aliphatic heterocycles. The van der Waals surface area contributed by atoms with E-state index in [4.69, 9.17) is 0 Å². The highest BCUT2D eigenvalue weighted by Crippen LogP contribution is 2.23. The fourth-order valence-electron chi connectivity index (χ4n) is 2.88. The molecule has 0 fully saturated rings. The van der Waals surface area contributed by atoms with Crippen LogP contribution in [0.5, 0.6) is 0 Å². The van der Waals surface area contributed by atoms with E-state index in [0.29, 0.717) is 17.8 Å². The van der Waals surface area contributed by atoms with E-state index in [2.05, 4.69) is 26.0 Å². The molecular formula is C21H19N7O2. The first-order valence-electron chi connectivity index (χ1n) is 9.33. The van der Waals surface area contributed by atoms with Crippen LogP contribution >= 0.6 is 0 Å². The first-order chi connectivity index (χ1) is 14.7. The zero-order chi connectivity index (χ0) is 20.8. The number of benzene rings is 2. The van der Waals surface area contributed by atoms with Gasteiger partial charge in [-0.1, -0.05) is 48.5 Å². The van der Waals surface area contributed by atoms with Crippen molar-refractivity contribution in [2.45, 2.75) is 13.0 Å². The van der Waals surface area contributed by atoms with Crippen molar-refractivity contribution in [1.82, 2.24) is 35.4 Å². The maximum absolute atomic E-state index is 12.8. The Morgan fingerprint density at radius 1 is 0.933 bits per heavy atom. The normalized spacial score (nSPS) is 10.5. The summed E-state index contributed by atoms with van der Waals surface area (Å²) >= 11 is 0. The van der Waals surface area contributed by atoms with Gasteiger partial charge in [0.05, 0.1) is 17.8 Å². The molecule has 0 atom stereocenters. The fourth-order valence-corrected chi connectivity index (χ4v) is 2.88. The lowest BCUT2D eigenvalue weighted by Crippen LogP contribution is -2.42. The van der Waals surface area contributed by atoms with Crippen LogP contribution in [0.15, 0.2) is 79.5 Å². The van der Waals surface area contributed by atoms with E-state index in [1.807, 2.05) is 60.7 Å². The molecule has 2 N–H and O–H groups in total. The number of amides is 2. The van der Waals surface area contributed by atoms with Crippen molar-refractivity contribution in [3.05, 3.63) is 85.1 Å². The quantitative estimate of drug-likeness (QED) is 0.481. The Labute approximate surface area is 172 Å². The molecule has 2 aromatic heterocycles. The highest BCUT2D eigenvalue weighted by atomic mass is 16.2. The third kappa shape index (κ3) is 4.41. The summed E-state index contributed by atoms with van der Waals surface area (Å²) in [5, 5.41) is 8.53. The Bertz CT molecular complexity index is 1120. The number of aryl methyl sites for hydroxylation is 1. The monoisotopic (exact) mass is 401 g/mol. The van der Waals surface area contributed by atoms with Gasteiger partial charge in [0.1, 0.15) is 18.3 Å². The number of hydrazine groups is 1. The average molecular weight is 401 g/mol. The van der Waals surface area contributed by atoms with Crippen LogP contribution in [0, 0.1) is 0 Å². The van der Waals surface area contributed by atoms with Crippen LogP contribution in [0.2, 0.25) is 0 Å². The SMILES string of the molecule is O=C(CCn1cncn1)NNC(=O)c1cn(-c2ccccc2)nc1-c1ccccc1. The molecule has 30 heavy (non-hydrogen) atoms. The zero-order valence-corrected chi connectivity index (χ0v) is 16.0. The minimum Gasteiger partial charge on any atom is -0.273 e. The van der Waals surface area contributed by atoms with E-state index in [1.54, 1.807) is 15.6 Å². The van der Waals surface area contributed by atoms with Crippen LogP contribution in [0.25, 0.3) is 16.9 Å². The number of nitrogens with zero attached hydrogens (tertiary/aromatic N) is 5. The molecule has 4 aromatic rings. The van der Waals surface area contributed by atoms with Crippen LogP contribution in [0.1, 0.15) is 16.8 Å². The van der Waals surface area contributed by atoms with Crippen molar-refractivity contribution in [2.75, 3.05) is 0 Å². The standard InChI is InChI=1S/C21H19N7O2/c29-19(11-12-27-15-22-14-23-27)24-25-21(30)18-13-28(17-9-5-2-6-10-17)26-20(18)16-7-3-1-4-8-16/h1-10,13-15H,11-12H2,(H,24,29)(H,25,30). The average Bonchev–Trinajstić information content (AvgIpc) is 3.47. The van der Waals surface area contributed by atoms with Crippen molar-refractivity contribution in [1.29, 1.82) is 0 Å². The van der Waals surface area contributed by atoms with E-state index in [-0.39, 0.29) is 12.3 Å². The van der Waals surface area contributed by atoms with E-state index in [0.717, 1.165) is 11.3 Å². The lowest BCUT2D eigenvalue weighted by molar-refractivity contribution is -0.122. The summed E-state index contributed by atoms with van der Waals surface area (Å²) in [4.78, 5) is 28.7. The summed E-state index contributed by atoms with van der Waals surface area (Å²) in [6.45, 7) is 0.364. The molecule has 0 unspecified atom stereocenters. The van der Waals surface area contributed by atoms with Crippen LogP contribution in [-0.4, -0.2) is 36.4 Å². The Kier molecular flexibility index (Phi) is 5.61. The van der Waals surface area contributed by atoms with Crippen LogP contribution in [0.4, 0.5) is 0 Å². The smallest absolute Gasteiger partial charge is 0.273 e. The first kappa shape index (κ1) is 19.1. The van der Waals surface area contributed by atoms with Gasteiger partial charge in [0, 0.05) is 18.2 Å². The molecule has 9 nitrogen and oxygen atoms in total. The molecule has 4 rings (SSSR count). The summed E-state index contributed by atoms with van der Waals surface area (Å²) in [6.07, 6.45) is 4.72. The number of carbonyl (C=O) groups is 2. The largest absolute Gasteiger partial charge is 0.273 e. The third-order valence-corrected chi connectivity index (χ3v) is 4.38. The number of aromatic nitrogens is 5. The molecular weight excluding hydrogens is 382 g/mol. The van der Waals surface area contributed by atoms with Gasteiger partial charge >= 0.3 is 0 Å².